The van der Waals surface area contributed by atoms with Crippen LogP contribution in [0.3, 0.4) is 0 Å². The second-order valence-corrected chi connectivity index (χ2v) is 6.09. The summed E-state index contributed by atoms with van der Waals surface area (Å²) in [5.41, 5.74) is 8.31. The van der Waals surface area contributed by atoms with Crippen LogP contribution in [0.2, 0.25) is 0 Å². The van der Waals surface area contributed by atoms with E-state index in [4.69, 9.17) is 5.73 Å². The number of anilines is 2. The molecular weight excluding hydrogens is 308 g/mol. The summed E-state index contributed by atoms with van der Waals surface area (Å²) < 4.78 is 0. The molecule has 124 valence electrons. The lowest BCUT2D eigenvalue weighted by Crippen LogP contribution is -2.32. The normalized spacial score (nSPS) is 17.2. The highest BCUT2D eigenvalue weighted by atomic mass is 16.2. The minimum atomic E-state index is -0.523. The van der Waals surface area contributed by atoms with Crippen molar-refractivity contribution in [2.24, 2.45) is 5.73 Å². The lowest BCUT2D eigenvalue weighted by molar-refractivity contribution is -0.117. The van der Waals surface area contributed by atoms with Gasteiger partial charge in [-0.25, -0.2) is 4.98 Å². The van der Waals surface area contributed by atoms with Crippen molar-refractivity contribution in [3.05, 3.63) is 35.3 Å². The summed E-state index contributed by atoms with van der Waals surface area (Å²) in [6, 6.07) is 3.83. The minimum absolute atomic E-state index is 0.150. The minimum Gasteiger partial charge on any atom is -0.364 e. The number of hydrogen-bond donors (Lipinski definition) is 2. The summed E-state index contributed by atoms with van der Waals surface area (Å²) in [5.74, 6) is 0.439. The molecule has 1 fully saturated rings. The number of pyridine rings is 1. The Balaban J connectivity index is 1.55. The van der Waals surface area contributed by atoms with E-state index in [0.29, 0.717) is 18.7 Å². The first-order chi connectivity index (χ1) is 11.6. The summed E-state index contributed by atoms with van der Waals surface area (Å²) >= 11 is 0. The fraction of sp³-hybridized carbons (Fsp3) is 0.375. The number of nitrogens with one attached hydrogen (secondary N) is 1. The Hall–Kier alpha value is -2.90. The van der Waals surface area contributed by atoms with Crippen LogP contribution in [0.4, 0.5) is 11.5 Å². The molecule has 1 saturated heterocycles. The molecule has 2 aromatic rings. The second-order valence-electron chi connectivity index (χ2n) is 6.09. The van der Waals surface area contributed by atoms with Crippen molar-refractivity contribution in [3.8, 4) is 0 Å². The van der Waals surface area contributed by atoms with Crippen LogP contribution in [0.15, 0.2) is 18.3 Å². The molecule has 2 aliphatic heterocycles. The molecule has 4 heterocycles. The van der Waals surface area contributed by atoms with Gasteiger partial charge in [-0.3, -0.25) is 14.7 Å². The fourth-order valence-corrected chi connectivity index (χ4v) is 3.34. The van der Waals surface area contributed by atoms with Gasteiger partial charge < -0.3 is 15.5 Å². The molecule has 0 saturated carbocycles. The second kappa shape index (κ2) is 5.63. The van der Waals surface area contributed by atoms with Crippen LogP contribution in [0.1, 0.15) is 34.6 Å². The van der Waals surface area contributed by atoms with Crippen LogP contribution in [0.25, 0.3) is 0 Å². The summed E-state index contributed by atoms with van der Waals surface area (Å²) in [4.78, 5) is 31.6. The van der Waals surface area contributed by atoms with Gasteiger partial charge in [-0.05, 0) is 18.6 Å². The van der Waals surface area contributed by atoms with Gasteiger partial charge in [0.25, 0.3) is 5.91 Å². The number of carbonyl (C=O) groups excluding carboxylic acids is 2. The third-order valence-electron chi connectivity index (χ3n) is 4.61. The number of amides is 2. The van der Waals surface area contributed by atoms with Crippen molar-refractivity contribution >= 4 is 23.3 Å². The topological polar surface area (TPSA) is 108 Å². The van der Waals surface area contributed by atoms with Gasteiger partial charge in [0.15, 0.2) is 5.69 Å². The lowest BCUT2D eigenvalue weighted by Gasteiger charge is -2.28. The summed E-state index contributed by atoms with van der Waals surface area (Å²) in [5, 5.41) is 6.90. The monoisotopic (exact) mass is 326 g/mol. The highest BCUT2D eigenvalue weighted by Crippen LogP contribution is 2.26. The molecular formula is C16H18N6O2. The Labute approximate surface area is 138 Å². The van der Waals surface area contributed by atoms with Crippen LogP contribution < -0.4 is 15.5 Å². The standard InChI is InChI=1S/C16H18N6O2/c17-16(24)15-11-9-21(7-5-12(11)19-20-15)13-4-3-10(8-18-13)22-6-1-2-14(22)23/h3-4,8H,1-2,5-7,9H2,(H2,17,24)(H,19,20). The van der Waals surface area contributed by atoms with E-state index in [1.807, 2.05) is 12.1 Å². The zero-order valence-electron chi connectivity index (χ0n) is 13.2. The predicted octanol–water partition coefficient (Wildman–Crippen LogP) is 0.593. The number of carbonyl (C=O) groups is 2. The fourth-order valence-electron chi connectivity index (χ4n) is 3.34. The van der Waals surface area contributed by atoms with Gasteiger partial charge in [0, 0.05) is 43.7 Å². The van der Waals surface area contributed by atoms with E-state index in [-0.39, 0.29) is 5.91 Å². The summed E-state index contributed by atoms with van der Waals surface area (Å²) in [7, 11) is 0. The van der Waals surface area contributed by atoms with Crippen LogP contribution in [0, 0.1) is 0 Å². The summed E-state index contributed by atoms with van der Waals surface area (Å²) in [6.07, 6.45) is 3.99. The smallest absolute Gasteiger partial charge is 0.269 e. The number of rotatable bonds is 3. The molecule has 0 unspecified atom stereocenters. The van der Waals surface area contributed by atoms with E-state index in [2.05, 4.69) is 20.1 Å². The van der Waals surface area contributed by atoms with E-state index >= 15 is 0 Å². The average Bonchev–Trinajstić information content (AvgIpc) is 3.20. The first kappa shape index (κ1) is 14.7. The Morgan fingerprint density at radius 2 is 2.12 bits per heavy atom. The van der Waals surface area contributed by atoms with Crippen molar-refractivity contribution in [1.29, 1.82) is 0 Å². The molecule has 0 radical (unpaired) electrons. The molecule has 24 heavy (non-hydrogen) atoms. The number of aromatic nitrogens is 3. The average molecular weight is 326 g/mol. The van der Waals surface area contributed by atoms with Gasteiger partial charge >= 0.3 is 0 Å². The highest BCUT2D eigenvalue weighted by molar-refractivity contribution is 5.95. The maximum absolute atomic E-state index is 11.8. The number of nitrogens with two attached hydrogens (primary N) is 1. The number of aromatic amines is 1. The molecule has 0 aromatic carbocycles. The van der Waals surface area contributed by atoms with Gasteiger partial charge in [-0.15, -0.1) is 0 Å². The van der Waals surface area contributed by atoms with Gasteiger partial charge in [-0.1, -0.05) is 0 Å². The predicted molar refractivity (Wildman–Crippen MR) is 87.7 cm³/mol. The quantitative estimate of drug-likeness (QED) is 0.858. The van der Waals surface area contributed by atoms with E-state index in [1.165, 1.54) is 0 Å². The third kappa shape index (κ3) is 2.40. The van der Waals surface area contributed by atoms with Gasteiger partial charge in [-0.2, -0.15) is 5.10 Å². The molecule has 8 nitrogen and oxygen atoms in total. The first-order valence-electron chi connectivity index (χ1n) is 8.01. The van der Waals surface area contributed by atoms with E-state index in [9.17, 15) is 9.59 Å². The molecule has 3 N–H and O–H groups in total. The maximum Gasteiger partial charge on any atom is 0.269 e. The van der Waals surface area contributed by atoms with Gasteiger partial charge in [0.1, 0.15) is 5.82 Å². The highest BCUT2D eigenvalue weighted by Gasteiger charge is 2.26. The molecule has 8 heteroatoms. The van der Waals surface area contributed by atoms with Crippen LogP contribution in [-0.4, -0.2) is 40.1 Å². The van der Waals surface area contributed by atoms with Crippen LogP contribution in [0.5, 0.6) is 0 Å². The SMILES string of the molecule is NC(=O)c1n[nH]c2c1CN(c1ccc(N3CCCC3=O)cn1)CC2. The molecule has 4 rings (SSSR count). The summed E-state index contributed by atoms with van der Waals surface area (Å²) in [6.45, 7) is 2.07. The Bertz CT molecular complexity index is 797. The largest absolute Gasteiger partial charge is 0.364 e. The Kier molecular flexibility index (Phi) is 3.44. The number of fused-ring (bicyclic) bond motifs is 1. The van der Waals surface area contributed by atoms with Crippen LogP contribution in [-0.2, 0) is 17.8 Å². The van der Waals surface area contributed by atoms with Crippen molar-refractivity contribution in [1.82, 2.24) is 15.2 Å². The van der Waals surface area contributed by atoms with E-state index in [0.717, 1.165) is 48.7 Å². The molecule has 0 spiro atoms. The number of primary amides is 1. The Morgan fingerprint density at radius 3 is 2.79 bits per heavy atom. The molecule has 0 atom stereocenters. The van der Waals surface area contributed by atoms with Crippen molar-refractivity contribution < 1.29 is 9.59 Å². The molecule has 2 aliphatic rings. The zero-order valence-corrected chi connectivity index (χ0v) is 13.2. The van der Waals surface area contributed by atoms with E-state index < -0.39 is 5.91 Å². The molecule has 2 amide bonds. The first-order valence-corrected chi connectivity index (χ1v) is 8.01. The van der Waals surface area contributed by atoms with E-state index in [1.54, 1.807) is 11.1 Å². The number of nitrogens with zero attached hydrogens (tertiary/aromatic N) is 4. The molecule has 0 aliphatic carbocycles. The van der Waals surface area contributed by atoms with Gasteiger partial charge in [0.2, 0.25) is 5.91 Å². The third-order valence-corrected chi connectivity index (χ3v) is 4.61. The number of hydrogen-bond acceptors (Lipinski definition) is 5. The number of H-pyrrole nitrogens is 1. The lowest BCUT2D eigenvalue weighted by atomic mass is 10.1. The van der Waals surface area contributed by atoms with Crippen LogP contribution >= 0.6 is 0 Å². The van der Waals surface area contributed by atoms with Crippen molar-refractivity contribution in [3.63, 3.8) is 0 Å². The van der Waals surface area contributed by atoms with Crippen molar-refractivity contribution in [2.75, 3.05) is 22.9 Å². The molecule has 0 bridgehead atoms. The molecule has 2 aromatic heterocycles. The maximum atomic E-state index is 11.8. The zero-order chi connectivity index (χ0) is 16.7. The van der Waals surface area contributed by atoms with Crippen molar-refractivity contribution in [2.45, 2.75) is 25.8 Å². The van der Waals surface area contributed by atoms with Gasteiger partial charge in [0.05, 0.1) is 11.9 Å². The Morgan fingerprint density at radius 1 is 1.25 bits per heavy atom.